The highest BCUT2D eigenvalue weighted by molar-refractivity contribution is 5.45. The van der Waals surface area contributed by atoms with Gasteiger partial charge in [-0.25, -0.2) is 0 Å². The summed E-state index contributed by atoms with van der Waals surface area (Å²) in [4.78, 5) is 0. The largest absolute Gasteiger partial charge is 0.497 e. The fourth-order valence-electron chi connectivity index (χ4n) is 2.26. The summed E-state index contributed by atoms with van der Waals surface area (Å²) >= 11 is 0. The third-order valence-electron chi connectivity index (χ3n) is 3.34. The van der Waals surface area contributed by atoms with Gasteiger partial charge in [0.2, 0.25) is 6.79 Å². The van der Waals surface area contributed by atoms with Crippen molar-refractivity contribution >= 4 is 0 Å². The van der Waals surface area contributed by atoms with Gasteiger partial charge < -0.3 is 19.3 Å². The molecule has 1 heterocycles. The number of fused-ring (bicyclic) bond motifs is 1. The van der Waals surface area contributed by atoms with E-state index < -0.39 is 6.10 Å². The molecule has 2 aromatic carbocycles. The van der Waals surface area contributed by atoms with Crippen molar-refractivity contribution in [3.05, 3.63) is 53.6 Å². The van der Waals surface area contributed by atoms with Crippen molar-refractivity contribution in [1.29, 1.82) is 0 Å². The molecular weight excluding hydrogens is 256 g/mol. The molecule has 0 aliphatic carbocycles. The lowest BCUT2D eigenvalue weighted by Gasteiger charge is -2.12. The molecule has 1 atom stereocenters. The van der Waals surface area contributed by atoms with E-state index in [0.717, 1.165) is 22.6 Å². The lowest BCUT2D eigenvalue weighted by molar-refractivity contribution is 0.171. The van der Waals surface area contributed by atoms with E-state index in [-0.39, 0.29) is 6.79 Å². The maximum Gasteiger partial charge on any atom is 0.231 e. The SMILES string of the molecule is COc1cccc(CC(O)c2ccc3c(c2)OCO3)c1. The van der Waals surface area contributed by atoms with Gasteiger partial charge in [0.15, 0.2) is 11.5 Å². The number of benzene rings is 2. The van der Waals surface area contributed by atoms with Crippen LogP contribution in [0.25, 0.3) is 0 Å². The van der Waals surface area contributed by atoms with Crippen LogP contribution in [-0.2, 0) is 6.42 Å². The Hall–Kier alpha value is -2.20. The molecule has 0 aromatic heterocycles. The monoisotopic (exact) mass is 272 g/mol. The van der Waals surface area contributed by atoms with Crippen LogP contribution >= 0.6 is 0 Å². The molecule has 0 bridgehead atoms. The molecule has 0 fully saturated rings. The van der Waals surface area contributed by atoms with Gasteiger partial charge in [0, 0.05) is 6.42 Å². The van der Waals surface area contributed by atoms with Gasteiger partial charge in [-0.1, -0.05) is 18.2 Å². The average Bonchev–Trinajstić information content (AvgIpc) is 2.94. The number of hydrogen-bond donors (Lipinski definition) is 1. The minimum atomic E-state index is -0.586. The Bertz CT molecular complexity index is 609. The molecule has 0 saturated heterocycles. The van der Waals surface area contributed by atoms with Crippen LogP contribution in [0.2, 0.25) is 0 Å². The van der Waals surface area contributed by atoms with Crippen molar-refractivity contribution in [2.45, 2.75) is 12.5 Å². The summed E-state index contributed by atoms with van der Waals surface area (Å²) < 4.78 is 15.8. The summed E-state index contributed by atoms with van der Waals surface area (Å²) in [5, 5.41) is 10.3. The molecule has 1 N–H and O–H groups in total. The molecule has 1 unspecified atom stereocenters. The third kappa shape index (κ3) is 2.56. The van der Waals surface area contributed by atoms with E-state index in [1.165, 1.54) is 0 Å². The summed E-state index contributed by atoms with van der Waals surface area (Å²) in [5.74, 6) is 2.20. The molecule has 0 spiro atoms. The second-order valence-corrected chi connectivity index (χ2v) is 4.68. The Morgan fingerprint density at radius 1 is 1.15 bits per heavy atom. The average molecular weight is 272 g/mol. The zero-order valence-corrected chi connectivity index (χ0v) is 11.2. The van der Waals surface area contributed by atoms with Gasteiger partial charge in [-0.3, -0.25) is 0 Å². The maximum absolute atomic E-state index is 10.3. The van der Waals surface area contributed by atoms with E-state index in [2.05, 4.69) is 0 Å². The zero-order valence-electron chi connectivity index (χ0n) is 11.2. The standard InChI is InChI=1S/C16H16O4/c1-18-13-4-2-3-11(7-13)8-14(17)12-5-6-15-16(9-12)20-10-19-15/h2-7,9,14,17H,8,10H2,1H3. The van der Waals surface area contributed by atoms with Gasteiger partial charge in [0.1, 0.15) is 5.75 Å². The topological polar surface area (TPSA) is 47.9 Å². The predicted molar refractivity (Wildman–Crippen MR) is 74.2 cm³/mol. The van der Waals surface area contributed by atoms with Crippen molar-refractivity contribution in [3.8, 4) is 17.2 Å². The summed E-state index contributed by atoms with van der Waals surface area (Å²) in [6, 6.07) is 13.2. The first-order valence-electron chi connectivity index (χ1n) is 6.47. The van der Waals surface area contributed by atoms with Gasteiger partial charge in [-0.15, -0.1) is 0 Å². The first kappa shape index (κ1) is 12.8. The molecule has 4 heteroatoms. The molecule has 0 amide bonds. The molecule has 20 heavy (non-hydrogen) atoms. The fourth-order valence-corrected chi connectivity index (χ4v) is 2.26. The highest BCUT2D eigenvalue weighted by Gasteiger charge is 2.17. The Kier molecular flexibility index (Phi) is 3.48. The van der Waals surface area contributed by atoms with Crippen LogP contribution < -0.4 is 14.2 Å². The van der Waals surface area contributed by atoms with Gasteiger partial charge in [-0.2, -0.15) is 0 Å². The van der Waals surface area contributed by atoms with E-state index >= 15 is 0 Å². The second-order valence-electron chi connectivity index (χ2n) is 4.68. The second kappa shape index (κ2) is 5.43. The number of rotatable bonds is 4. The fraction of sp³-hybridized carbons (Fsp3) is 0.250. The lowest BCUT2D eigenvalue weighted by atomic mass is 10.0. The molecular formula is C16H16O4. The normalized spacial score (nSPS) is 14.1. The molecule has 0 radical (unpaired) electrons. The third-order valence-corrected chi connectivity index (χ3v) is 3.34. The Balaban J connectivity index is 1.77. The van der Waals surface area contributed by atoms with Crippen molar-refractivity contribution in [2.24, 2.45) is 0 Å². The van der Waals surface area contributed by atoms with E-state index in [9.17, 15) is 5.11 Å². The van der Waals surface area contributed by atoms with Crippen LogP contribution in [0.1, 0.15) is 17.2 Å². The minimum Gasteiger partial charge on any atom is -0.497 e. The first-order chi connectivity index (χ1) is 9.76. The van der Waals surface area contributed by atoms with Crippen LogP contribution in [0.15, 0.2) is 42.5 Å². The van der Waals surface area contributed by atoms with Crippen LogP contribution in [0, 0.1) is 0 Å². The van der Waals surface area contributed by atoms with Crippen LogP contribution in [0.4, 0.5) is 0 Å². The van der Waals surface area contributed by atoms with Gasteiger partial charge in [0.05, 0.1) is 13.2 Å². The summed E-state index contributed by atoms with van der Waals surface area (Å²) in [6.07, 6.45) is -0.0618. The predicted octanol–water partition coefficient (Wildman–Crippen LogP) is 2.70. The molecule has 3 rings (SSSR count). The number of ether oxygens (including phenoxy) is 3. The van der Waals surface area contributed by atoms with Gasteiger partial charge >= 0.3 is 0 Å². The maximum atomic E-state index is 10.3. The molecule has 104 valence electrons. The number of hydrogen-bond acceptors (Lipinski definition) is 4. The number of aliphatic hydroxyl groups is 1. The van der Waals surface area contributed by atoms with Crippen LogP contribution in [0.3, 0.4) is 0 Å². The lowest BCUT2D eigenvalue weighted by Crippen LogP contribution is -2.02. The molecule has 2 aromatic rings. The first-order valence-corrected chi connectivity index (χ1v) is 6.47. The summed E-state index contributed by atoms with van der Waals surface area (Å²) in [6.45, 7) is 0.241. The van der Waals surface area contributed by atoms with Crippen molar-refractivity contribution in [2.75, 3.05) is 13.9 Å². The Labute approximate surface area is 117 Å². The summed E-state index contributed by atoms with van der Waals surface area (Å²) in [7, 11) is 1.63. The quantitative estimate of drug-likeness (QED) is 0.929. The van der Waals surface area contributed by atoms with E-state index in [1.807, 2.05) is 42.5 Å². The smallest absolute Gasteiger partial charge is 0.231 e. The molecule has 0 saturated carbocycles. The Morgan fingerprint density at radius 3 is 2.85 bits per heavy atom. The van der Waals surface area contributed by atoms with Crippen molar-refractivity contribution < 1.29 is 19.3 Å². The molecule has 1 aliphatic heterocycles. The van der Waals surface area contributed by atoms with Crippen molar-refractivity contribution in [1.82, 2.24) is 0 Å². The Morgan fingerprint density at radius 2 is 2.00 bits per heavy atom. The minimum absolute atomic E-state index is 0.241. The number of aliphatic hydroxyl groups excluding tert-OH is 1. The van der Waals surface area contributed by atoms with Crippen LogP contribution in [0.5, 0.6) is 17.2 Å². The van der Waals surface area contributed by atoms with E-state index in [4.69, 9.17) is 14.2 Å². The van der Waals surface area contributed by atoms with Gasteiger partial charge in [-0.05, 0) is 35.4 Å². The van der Waals surface area contributed by atoms with E-state index in [1.54, 1.807) is 7.11 Å². The van der Waals surface area contributed by atoms with Crippen molar-refractivity contribution in [3.63, 3.8) is 0 Å². The highest BCUT2D eigenvalue weighted by atomic mass is 16.7. The summed E-state index contributed by atoms with van der Waals surface area (Å²) in [5.41, 5.74) is 1.84. The highest BCUT2D eigenvalue weighted by Crippen LogP contribution is 2.34. The number of methoxy groups -OCH3 is 1. The molecule has 1 aliphatic rings. The van der Waals surface area contributed by atoms with Crippen LogP contribution in [-0.4, -0.2) is 19.0 Å². The zero-order chi connectivity index (χ0) is 13.9. The molecule has 4 nitrogen and oxygen atoms in total. The van der Waals surface area contributed by atoms with E-state index in [0.29, 0.717) is 12.2 Å². The van der Waals surface area contributed by atoms with Gasteiger partial charge in [0.25, 0.3) is 0 Å².